The molecule has 2 nitrogen and oxygen atoms in total. The van der Waals surface area contributed by atoms with Crippen molar-refractivity contribution in [1.29, 1.82) is 0 Å². The van der Waals surface area contributed by atoms with Crippen LogP contribution in [0, 0.1) is 16.7 Å². The van der Waals surface area contributed by atoms with Gasteiger partial charge in [-0.2, -0.15) is 0 Å². The molecule has 2 atom stereocenters. The number of ketones is 1. The standard InChI is InChI=1S/C11H15BrO2/c1-10(2)6-4-5-11(10,3)9(14)7(12)8(6)13/h6,14H,4-5H2,1-3H3/t6-,11-/m0/s1. The molecule has 0 aromatic heterocycles. The predicted molar refractivity (Wildman–Crippen MR) is 58.2 cm³/mol. The molecule has 3 heteroatoms. The van der Waals surface area contributed by atoms with Crippen molar-refractivity contribution in [2.75, 3.05) is 0 Å². The second-order valence-electron chi connectivity index (χ2n) is 5.17. The highest BCUT2D eigenvalue weighted by Crippen LogP contribution is 2.63. The van der Waals surface area contributed by atoms with E-state index in [2.05, 4.69) is 36.7 Å². The molecule has 0 heterocycles. The number of Topliss-reactive ketones (excluding diaryl/α,β-unsaturated/α-hetero) is 1. The molecule has 1 fully saturated rings. The Labute approximate surface area is 92.5 Å². The summed E-state index contributed by atoms with van der Waals surface area (Å²) in [5.74, 6) is 0.390. The lowest BCUT2D eigenvalue weighted by molar-refractivity contribution is -0.124. The number of hydrogen-bond donors (Lipinski definition) is 1. The van der Waals surface area contributed by atoms with E-state index in [-0.39, 0.29) is 28.3 Å². The summed E-state index contributed by atoms with van der Waals surface area (Å²) in [6, 6.07) is 0. The van der Waals surface area contributed by atoms with Gasteiger partial charge in [0.05, 0.1) is 4.48 Å². The fourth-order valence-corrected chi connectivity index (χ4v) is 3.61. The zero-order chi connectivity index (χ0) is 10.7. The van der Waals surface area contributed by atoms with E-state index in [1.807, 2.05) is 0 Å². The molecule has 0 saturated heterocycles. The Balaban J connectivity index is 2.66. The fourth-order valence-electron chi connectivity index (χ4n) is 2.89. The summed E-state index contributed by atoms with van der Waals surface area (Å²) in [4.78, 5) is 11.9. The van der Waals surface area contributed by atoms with Crippen LogP contribution in [-0.2, 0) is 4.79 Å². The second kappa shape index (κ2) is 2.63. The zero-order valence-electron chi connectivity index (χ0n) is 8.72. The van der Waals surface area contributed by atoms with E-state index in [1.165, 1.54) is 0 Å². The molecule has 2 aliphatic rings. The minimum atomic E-state index is -0.232. The van der Waals surface area contributed by atoms with Gasteiger partial charge in [-0.25, -0.2) is 0 Å². The van der Waals surface area contributed by atoms with E-state index in [4.69, 9.17) is 0 Å². The third-order valence-electron chi connectivity index (χ3n) is 4.49. The number of halogens is 1. The van der Waals surface area contributed by atoms with Crippen LogP contribution >= 0.6 is 15.9 Å². The SMILES string of the molecule is CC1(C)[C@H]2CC[C@@]1(C)C(O)=C(Br)C2=O. The van der Waals surface area contributed by atoms with Gasteiger partial charge in [-0.1, -0.05) is 20.8 Å². The first-order chi connectivity index (χ1) is 6.32. The number of aliphatic hydroxyl groups is 1. The second-order valence-corrected chi connectivity index (χ2v) is 5.96. The van der Waals surface area contributed by atoms with E-state index in [0.717, 1.165) is 12.8 Å². The summed E-state index contributed by atoms with van der Waals surface area (Å²) in [7, 11) is 0. The Morgan fingerprint density at radius 1 is 1.43 bits per heavy atom. The summed E-state index contributed by atoms with van der Waals surface area (Å²) < 4.78 is 0.404. The van der Waals surface area contributed by atoms with Crippen LogP contribution in [0.4, 0.5) is 0 Å². The topological polar surface area (TPSA) is 37.3 Å². The zero-order valence-corrected chi connectivity index (χ0v) is 10.3. The minimum Gasteiger partial charge on any atom is -0.510 e. The summed E-state index contributed by atoms with van der Waals surface area (Å²) in [5, 5.41) is 10.0. The Morgan fingerprint density at radius 2 is 2.00 bits per heavy atom. The van der Waals surface area contributed by atoms with Crippen LogP contribution in [0.3, 0.4) is 0 Å². The van der Waals surface area contributed by atoms with Gasteiger partial charge in [-0.05, 0) is 34.2 Å². The monoisotopic (exact) mass is 258 g/mol. The predicted octanol–water partition coefficient (Wildman–Crippen LogP) is 3.18. The molecule has 0 aliphatic heterocycles. The molecule has 0 amide bonds. The van der Waals surface area contributed by atoms with Crippen LogP contribution in [-0.4, -0.2) is 10.9 Å². The minimum absolute atomic E-state index is 0.0674. The highest BCUT2D eigenvalue weighted by Gasteiger charge is 2.60. The van der Waals surface area contributed by atoms with Crippen molar-refractivity contribution in [3.8, 4) is 0 Å². The third kappa shape index (κ3) is 0.892. The summed E-state index contributed by atoms with van der Waals surface area (Å²) >= 11 is 3.21. The van der Waals surface area contributed by atoms with Gasteiger partial charge >= 0.3 is 0 Å². The van der Waals surface area contributed by atoms with Crippen LogP contribution in [0.2, 0.25) is 0 Å². The molecule has 0 spiro atoms. The number of rotatable bonds is 0. The van der Waals surface area contributed by atoms with Crippen molar-refractivity contribution in [3.63, 3.8) is 0 Å². The first-order valence-electron chi connectivity index (χ1n) is 4.96. The summed E-state index contributed by atoms with van der Waals surface area (Å²) in [6.07, 6.45) is 1.79. The lowest BCUT2D eigenvalue weighted by Gasteiger charge is -2.44. The molecule has 2 bridgehead atoms. The number of carbonyl (C=O) groups excluding carboxylic acids is 1. The Bertz CT molecular complexity index is 343. The maximum atomic E-state index is 11.9. The third-order valence-corrected chi connectivity index (χ3v) is 5.26. The molecule has 2 aliphatic carbocycles. The van der Waals surface area contributed by atoms with Crippen molar-refractivity contribution in [3.05, 3.63) is 10.2 Å². The van der Waals surface area contributed by atoms with E-state index in [0.29, 0.717) is 4.48 Å². The van der Waals surface area contributed by atoms with Gasteiger partial charge < -0.3 is 5.11 Å². The van der Waals surface area contributed by atoms with Gasteiger partial charge in [0.25, 0.3) is 0 Å². The van der Waals surface area contributed by atoms with Crippen molar-refractivity contribution < 1.29 is 9.90 Å². The van der Waals surface area contributed by atoms with Gasteiger partial charge in [0, 0.05) is 11.3 Å². The van der Waals surface area contributed by atoms with E-state index >= 15 is 0 Å². The normalized spacial score (nSPS) is 40.6. The van der Waals surface area contributed by atoms with Crippen molar-refractivity contribution in [2.45, 2.75) is 33.6 Å². The number of fused-ring (bicyclic) bond motifs is 2. The number of hydrogen-bond acceptors (Lipinski definition) is 2. The van der Waals surface area contributed by atoms with Crippen LogP contribution in [0.5, 0.6) is 0 Å². The molecular formula is C11H15BrO2. The molecular weight excluding hydrogens is 244 g/mol. The molecule has 0 aromatic carbocycles. The Morgan fingerprint density at radius 3 is 2.57 bits per heavy atom. The van der Waals surface area contributed by atoms with Crippen molar-refractivity contribution >= 4 is 21.7 Å². The van der Waals surface area contributed by atoms with Gasteiger partial charge in [-0.3, -0.25) is 4.79 Å². The fraction of sp³-hybridized carbons (Fsp3) is 0.727. The van der Waals surface area contributed by atoms with Crippen molar-refractivity contribution in [1.82, 2.24) is 0 Å². The molecule has 0 radical (unpaired) electrons. The lowest BCUT2D eigenvalue weighted by atomic mass is 9.61. The van der Waals surface area contributed by atoms with Crippen LogP contribution in [0.1, 0.15) is 33.6 Å². The highest BCUT2D eigenvalue weighted by atomic mass is 79.9. The van der Waals surface area contributed by atoms with Crippen LogP contribution < -0.4 is 0 Å². The van der Waals surface area contributed by atoms with Crippen LogP contribution in [0.25, 0.3) is 0 Å². The highest BCUT2D eigenvalue weighted by molar-refractivity contribution is 9.12. The lowest BCUT2D eigenvalue weighted by Crippen LogP contribution is -2.43. The molecule has 78 valence electrons. The van der Waals surface area contributed by atoms with Gasteiger partial charge in [0.15, 0.2) is 5.78 Å². The van der Waals surface area contributed by atoms with Crippen LogP contribution in [0.15, 0.2) is 10.2 Å². The number of aliphatic hydroxyl groups excluding tert-OH is 1. The first kappa shape index (κ1) is 10.2. The maximum Gasteiger partial charge on any atom is 0.176 e. The number of allylic oxidation sites excluding steroid dienone is 2. The largest absolute Gasteiger partial charge is 0.510 e. The quantitative estimate of drug-likeness (QED) is 0.725. The molecule has 0 unspecified atom stereocenters. The summed E-state index contributed by atoms with van der Waals surface area (Å²) in [5.41, 5.74) is -0.351. The molecule has 14 heavy (non-hydrogen) atoms. The summed E-state index contributed by atoms with van der Waals surface area (Å²) in [6.45, 7) is 6.21. The van der Waals surface area contributed by atoms with E-state index < -0.39 is 0 Å². The molecule has 1 N–H and O–H groups in total. The van der Waals surface area contributed by atoms with E-state index in [1.54, 1.807) is 0 Å². The average molecular weight is 259 g/mol. The van der Waals surface area contributed by atoms with Gasteiger partial charge in [-0.15, -0.1) is 0 Å². The van der Waals surface area contributed by atoms with Gasteiger partial charge in [0.2, 0.25) is 0 Å². The number of carbonyl (C=O) groups is 1. The molecule has 1 saturated carbocycles. The Kier molecular flexibility index (Phi) is 1.92. The Hall–Kier alpha value is -0.310. The smallest absolute Gasteiger partial charge is 0.176 e. The maximum absolute atomic E-state index is 11.9. The first-order valence-corrected chi connectivity index (χ1v) is 5.75. The average Bonchev–Trinajstić information content (AvgIpc) is 2.30. The van der Waals surface area contributed by atoms with Gasteiger partial charge in [0.1, 0.15) is 5.76 Å². The van der Waals surface area contributed by atoms with Crippen molar-refractivity contribution in [2.24, 2.45) is 16.7 Å². The molecule has 0 aromatic rings. The molecule has 2 rings (SSSR count). The van der Waals surface area contributed by atoms with E-state index in [9.17, 15) is 9.90 Å².